The van der Waals surface area contributed by atoms with E-state index < -0.39 is 11.7 Å². The Hall–Kier alpha value is -2.48. The molecular weight excluding hydrogens is 376 g/mol. The summed E-state index contributed by atoms with van der Waals surface area (Å²) in [4.78, 5) is 17.5. The summed E-state index contributed by atoms with van der Waals surface area (Å²) in [6.45, 7) is 8.11. The molecule has 2 aromatic rings. The van der Waals surface area contributed by atoms with Gasteiger partial charge in [0, 0.05) is 30.9 Å². The van der Waals surface area contributed by atoms with Crippen LogP contribution < -0.4 is 16.0 Å². The lowest BCUT2D eigenvalue weighted by molar-refractivity contribution is 0.0527. The van der Waals surface area contributed by atoms with Crippen LogP contribution in [0.5, 0.6) is 0 Å². The molecule has 2 aromatic heterocycles. The third-order valence-electron chi connectivity index (χ3n) is 3.53. The van der Waals surface area contributed by atoms with Gasteiger partial charge in [0.25, 0.3) is 0 Å². The first-order valence-electron chi connectivity index (χ1n) is 9.46. The van der Waals surface area contributed by atoms with Crippen molar-refractivity contribution in [3.05, 3.63) is 46.5 Å². The number of nitrogens with zero attached hydrogens (tertiary/aromatic N) is 1. The third kappa shape index (κ3) is 9.45. The van der Waals surface area contributed by atoms with E-state index in [0.717, 1.165) is 31.1 Å². The summed E-state index contributed by atoms with van der Waals surface area (Å²) in [5.74, 6) is 1.68. The predicted octanol–water partition coefficient (Wildman–Crippen LogP) is 3.53. The molecule has 28 heavy (non-hydrogen) atoms. The average molecular weight is 407 g/mol. The molecule has 0 fully saturated rings. The van der Waals surface area contributed by atoms with Crippen molar-refractivity contribution in [2.45, 2.75) is 45.8 Å². The fraction of sp³-hybridized carbons (Fsp3) is 0.500. The molecule has 0 atom stereocenters. The molecule has 7 nitrogen and oxygen atoms in total. The van der Waals surface area contributed by atoms with E-state index in [-0.39, 0.29) is 0 Å². The molecule has 8 heteroatoms. The minimum atomic E-state index is -0.484. The number of furan rings is 1. The Morgan fingerprint density at radius 1 is 1.14 bits per heavy atom. The molecule has 0 saturated heterocycles. The Labute approximate surface area is 170 Å². The highest BCUT2D eigenvalue weighted by Crippen LogP contribution is 2.09. The molecule has 2 rings (SSSR count). The zero-order chi connectivity index (χ0) is 20.2. The van der Waals surface area contributed by atoms with E-state index in [0.29, 0.717) is 19.6 Å². The van der Waals surface area contributed by atoms with Crippen LogP contribution in [0.15, 0.2) is 45.3 Å². The second-order valence-electron chi connectivity index (χ2n) is 7.21. The second-order valence-corrected chi connectivity index (χ2v) is 8.24. The summed E-state index contributed by atoms with van der Waals surface area (Å²) in [7, 11) is 0. The first-order chi connectivity index (χ1) is 13.4. The van der Waals surface area contributed by atoms with Crippen molar-refractivity contribution in [1.82, 2.24) is 16.0 Å². The van der Waals surface area contributed by atoms with Crippen molar-refractivity contribution in [2.24, 2.45) is 4.99 Å². The molecule has 2 heterocycles. The van der Waals surface area contributed by atoms with Crippen molar-refractivity contribution in [2.75, 3.05) is 19.6 Å². The number of hydrogen-bond acceptors (Lipinski definition) is 5. The molecule has 0 aliphatic carbocycles. The van der Waals surface area contributed by atoms with Crippen LogP contribution in [0, 0.1) is 0 Å². The van der Waals surface area contributed by atoms with Crippen molar-refractivity contribution >= 4 is 23.4 Å². The molecule has 3 N–H and O–H groups in total. The van der Waals surface area contributed by atoms with E-state index in [2.05, 4.69) is 27.0 Å². The molecule has 0 aromatic carbocycles. The Bertz CT molecular complexity index is 706. The van der Waals surface area contributed by atoms with E-state index in [9.17, 15) is 4.79 Å². The van der Waals surface area contributed by atoms with Crippen LogP contribution in [-0.4, -0.2) is 37.3 Å². The summed E-state index contributed by atoms with van der Waals surface area (Å²) in [5.41, 5.74) is -0.484. The average Bonchev–Trinajstić information content (AvgIpc) is 3.31. The molecule has 154 valence electrons. The molecule has 0 aliphatic heterocycles. The fourth-order valence-electron chi connectivity index (χ4n) is 2.29. The number of carbonyl (C=O) groups excluding carboxylic acids is 1. The minimum absolute atomic E-state index is 0.393. The number of guanidine groups is 1. The summed E-state index contributed by atoms with van der Waals surface area (Å²) >= 11 is 1.69. The van der Waals surface area contributed by atoms with Gasteiger partial charge in [0.05, 0.1) is 12.8 Å². The van der Waals surface area contributed by atoms with Crippen LogP contribution in [-0.2, 0) is 17.7 Å². The summed E-state index contributed by atoms with van der Waals surface area (Å²) in [6.07, 6.45) is 2.83. The zero-order valence-corrected chi connectivity index (χ0v) is 17.6. The van der Waals surface area contributed by atoms with Gasteiger partial charge in [-0.05, 0) is 50.8 Å². The Balaban J connectivity index is 1.72. The summed E-state index contributed by atoms with van der Waals surface area (Å²) < 4.78 is 10.6. The summed E-state index contributed by atoms with van der Waals surface area (Å²) in [6, 6.07) is 7.94. The Morgan fingerprint density at radius 3 is 2.61 bits per heavy atom. The van der Waals surface area contributed by atoms with Gasteiger partial charge in [0.15, 0.2) is 5.96 Å². The number of ether oxygens (including phenoxy) is 1. The normalized spacial score (nSPS) is 11.9. The highest BCUT2D eigenvalue weighted by Gasteiger charge is 2.15. The Morgan fingerprint density at radius 2 is 1.93 bits per heavy atom. The van der Waals surface area contributed by atoms with E-state index in [1.54, 1.807) is 17.6 Å². The van der Waals surface area contributed by atoms with Gasteiger partial charge in [-0.15, -0.1) is 11.3 Å². The van der Waals surface area contributed by atoms with Crippen LogP contribution in [0.25, 0.3) is 0 Å². The van der Waals surface area contributed by atoms with Crippen LogP contribution in [0.3, 0.4) is 0 Å². The first-order valence-corrected chi connectivity index (χ1v) is 10.3. The monoisotopic (exact) mass is 406 g/mol. The van der Waals surface area contributed by atoms with E-state index in [1.807, 2.05) is 44.4 Å². The van der Waals surface area contributed by atoms with Gasteiger partial charge < -0.3 is 25.1 Å². The number of nitrogens with one attached hydrogen (secondary N) is 3. The van der Waals surface area contributed by atoms with Crippen molar-refractivity contribution in [3.8, 4) is 0 Å². The van der Waals surface area contributed by atoms with Crippen LogP contribution in [0.2, 0.25) is 0 Å². The number of hydrogen-bond donors (Lipinski definition) is 3. The third-order valence-corrected chi connectivity index (χ3v) is 4.39. The highest BCUT2D eigenvalue weighted by molar-refractivity contribution is 7.09. The van der Waals surface area contributed by atoms with E-state index >= 15 is 0 Å². The van der Waals surface area contributed by atoms with Crippen molar-refractivity contribution in [1.29, 1.82) is 0 Å². The van der Waals surface area contributed by atoms with Gasteiger partial charge in [-0.3, -0.25) is 0 Å². The van der Waals surface area contributed by atoms with Crippen LogP contribution in [0.4, 0.5) is 4.79 Å². The molecule has 0 radical (unpaired) electrons. The largest absolute Gasteiger partial charge is 0.469 e. The quantitative estimate of drug-likeness (QED) is 0.337. The van der Waals surface area contributed by atoms with E-state index in [4.69, 9.17) is 9.15 Å². The maximum absolute atomic E-state index is 11.6. The van der Waals surface area contributed by atoms with Crippen LogP contribution in [0.1, 0.15) is 37.8 Å². The first kappa shape index (κ1) is 21.8. The SMILES string of the molecule is CC(C)(C)OC(=O)NCCCNC(=NCc1cccs1)NCCc1ccco1. The van der Waals surface area contributed by atoms with Gasteiger partial charge in [0.2, 0.25) is 0 Å². The molecular formula is C20H30N4O3S. The molecule has 0 bridgehead atoms. The zero-order valence-electron chi connectivity index (χ0n) is 16.8. The molecule has 0 saturated carbocycles. The van der Waals surface area contributed by atoms with E-state index in [1.165, 1.54) is 4.88 Å². The molecule has 0 aliphatic rings. The van der Waals surface area contributed by atoms with Gasteiger partial charge >= 0.3 is 6.09 Å². The van der Waals surface area contributed by atoms with Crippen LogP contribution >= 0.6 is 11.3 Å². The fourth-order valence-corrected chi connectivity index (χ4v) is 2.92. The minimum Gasteiger partial charge on any atom is -0.469 e. The standard InChI is InChI=1S/C20H30N4O3S/c1-20(2,3)27-19(25)23-11-6-10-21-18(24-15-17-8-5-14-28-17)22-12-9-16-7-4-13-26-16/h4-5,7-8,13-14H,6,9-12,15H2,1-3H3,(H,23,25)(H2,21,22,24). The second kappa shape index (κ2) is 11.4. The highest BCUT2D eigenvalue weighted by atomic mass is 32.1. The number of aliphatic imine (C=N–C) groups is 1. The summed E-state index contributed by atoms with van der Waals surface area (Å²) in [5, 5.41) is 11.4. The van der Waals surface area contributed by atoms with Gasteiger partial charge in [-0.25, -0.2) is 9.79 Å². The number of alkyl carbamates (subject to hydrolysis) is 1. The lowest BCUT2D eigenvalue weighted by Gasteiger charge is -2.19. The van der Waals surface area contributed by atoms with Gasteiger partial charge in [-0.1, -0.05) is 6.07 Å². The van der Waals surface area contributed by atoms with Crippen molar-refractivity contribution in [3.63, 3.8) is 0 Å². The van der Waals surface area contributed by atoms with Crippen molar-refractivity contribution < 1.29 is 13.9 Å². The smallest absolute Gasteiger partial charge is 0.407 e. The Kier molecular flexibility index (Phi) is 8.87. The molecule has 0 spiro atoms. The predicted molar refractivity (Wildman–Crippen MR) is 113 cm³/mol. The maximum Gasteiger partial charge on any atom is 0.407 e. The molecule has 0 unspecified atom stereocenters. The number of thiophene rings is 1. The number of amides is 1. The maximum atomic E-state index is 11.6. The lowest BCUT2D eigenvalue weighted by atomic mass is 10.2. The topological polar surface area (TPSA) is 87.9 Å². The molecule has 1 amide bonds. The van der Waals surface area contributed by atoms with Gasteiger partial charge in [-0.2, -0.15) is 0 Å². The lowest BCUT2D eigenvalue weighted by Crippen LogP contribution is -2.40. The van der Waals surface area contributed by atoms with Gasteiger partial charge in [0.1, 0.15) is 11.4 Å². The number of rotatable bonds is 9. The number of carbonyl (C=O) groups is 1.